The van der Waals surface area contributed by atoms with Crippen LogP contribution in [0.2, 0.25) is 0 Å². The maximum Gasteiger partial charge on any atom is 0.227 e. The van der Waals surface area contributed by atoms with Crippen molar-refractivity contribution in [3.8, 4) is 10.7 Å². The molecule has 0 bridgehead atoms. The van der Waals surface area contributed by atoms with Gasteiger partial charge in [-0.2, -0.15) is 4.98 Å². The molecule has 1 atom stereocenters. The van der Waals surface area contributed by atoms with Crippen molar-refractivity contribution in [2.24, 2.45) is 5.92 Å². The Labute approximate surface area is 123 Å². The van der Waals surface area contributed by atoms with Crippen LogP contribution in [-0.4, -0.2) is 23.2 Å². The van der Waals surface area contributed by atoms with Gasteiger partial charge in [-0.15, -0.1) is 23.7 Å². The minimum Gasteiger partial charge on any atom is -0.339 e. The highest BCUT2D eigenvalue weighted by Gasteiger charge is 2.17. The van der Waals surface area contributed by atoms with E-state index in [2.05, 4.69) is 15.5 Å². The molecule has 104 valence electrons. The summed E-state index contributed by atoms with van der Waals surface area (Å²) in [5.74, 6) is 2.19. The summed E-state index contributed by atoms with van der Waals surface area (Å²) < 4.78 is 5.36. The normalized spacial score (nSPS) is 19.7. The smallest absolute Gasteiger partial charge is 0.227 e. The topological polar surface area (TPSA) is 51.0 Å². The van der Waals surface area contributed by atoms with Crippen molar-refractivity contribution >= 4 is 23.7 Å². The monoisotopic (exact) mass is 299 g/mol. The molecule has 2 aromatic rings. The number of nitrogens with zero attached hydrogens (tertiary/aromatic N) is 2. The molecule has 0 radical (unpaired) electrons. The molecule has 0 saturated carbocycles. The van der Waals surface area contributed by atoms with Crippen LogP contribution in [0.25, 0.3) is 10.7 Å². The van der Waals surface area contributed by atoms with Crippen molar-refractivity contribution in [2.45, 2.75) is 25.7 Å². The molecule has 1 aliphatic heterocycles. The molecule has 0 amide bonds. The molecule has 3 rings (SSSR count). The molecule has 1 fully saturated rings. The first-order valence-corrected chi connectivity index (χ1v) is 7.37. The molecule has 6 heteroatoms. The van der Waals surface area contributed by atoms with E-state index < -0.39 is 0 Å². The van der Waals surface area contributed by atoms with E-state index in [1.165, 1.54) is 19.3 Å². The Morgan fingerprint density at radius 1 is 1.37 bits per heavy atom. The van der Waals surface area contributed by atoms with Crippen molar-refractivity contribution in [1.29, 1.82) is 0 Å². The maximum absolute atomic E-state index is 5.36. The molecular formula is C13H18ClN3OS. The fraction of sp³-hybridized carbons (Fsp3) is 0.538. The highest BCUT2D eigenvalue weighted by atomic mass is 35.5. The molecule has 1 N–H and O–H groups in total. The summed E-state index contributed by atoms with van der Waals surface area (Å²) in [6.45, 7) is 2.25. The fourth-order valence-electron chi connectivity index (χ4n) is 2.39. The summed E-state index contributed by atoms with van der Waals surface area (Å²) in [5.41, 5.74) is 0. The van der Waals surface area contributed by atoms with Gasteiger partial charge >= 0.3 is 0 Å². The summed E-state index contributed by atoms with van der Waals surface area (Å²) in [6, 6.07) is 4.03. The van der Waals surface area contributed by atoms with Crippen LogP contribution in [0.15, 0.2) is 22.0 Å². The number of hydrogen-bond donors (Lipinski definition) is 1. The van der Waals surface area contributed by atoms with Crippen molar-refractivity contribution in [1.82, 2.24) is 15.5 Å². The predicted molar refractivity (Wildman–Crippen MR) is 78.8 cm³/mol. The third-order valence-electron chi connectivity index (χ3n) is 3.37. The minimum absolute atomic E-state index is 0. The Hall–Kier alpha value is -0.910. The van der Waals surface area contributed by atoms with Crippen LogP contribution < -0.4 is 5.32 Å². The van der Waals surface area contributed by atoms with Gasteiger partial charge in [0.25, 0.3) is 0 Å². The van der Waals surface area contributed by atoms with Crippen LogP contribution in [0.5, 0.6) is 0 Å². The van der Waals surface area contributed by atoms with Gasteiger partial charge in [-0.3, -0.25) is 0 Å². The van der Waals surface area contributed by atoms with Crippen LogP contribution in [0.4, 0.5) is 0 Å². The first-order chi connectivity index (χ1) is 8.92. The molecule has 1 saturated heterocycles. The molecule has 1 aliphatic rings. The second kappa shape index (κ2) is 7.03. The van der Waals surface area contributed by atoms with E-state index in [1.807, 2.05) is 17.5 Å². The van der Waals surface area contributed by atoms with Gasteiger partial charge in [0.05, 0.1) is 4.88 Å². The van der Waals surface area contributed by atoms with Crippen LogP contribution >= 0.6 is 23.7 Å². The number of aromatic nitrogens is 2. The lowest BCUT2D eigenvalue weighted by Gasteiger charge is -2.09. The zero-order valence-corrected chi connectivity index (χ0v) is 12.3. The number of thiophene rings is 1. The van der Waals surface area contributed by atoms with Gasteiger partial charge in [0.1, 0.15) is 0 Å². The minimum atomic E-state index is 0. The molecule has 2 aromatic heterocycles. The Balaban J connectivity index is 0.00000133. The predicted octanol–water partition coefficient (Wildman–Crippen LogP) is 3.15. The van der Waals surface area contributed by atoms with Crippen LogP contribution in [0, 0.1) is 5.92 Å². The lowest BCUT2D eigenvalue weighted by atomic mass is 9.97. The second-order valence-electron chi connectivity index (χ2n) is 4.74. The van der Waals surface area contributed by atoms with Gasteiger partial charge in [-0.05, 0) is 49.7 Å². The Kier molecular flexibility index (Phi) is 5.36. The average molecular weight is 300 g/mol. The number of hydrogen-bond acceptors (Lipinski definition) is 5. The Bertz CT molecular complexity index is 478. The van der Waals surface area contributed by atoms with Crippen LogP contribution in [-0.2, 0) is 6.42 Å². The van der Waals surface area contributed by atoms with E-state index >= 15 is 0 Å². The summed E-state index contributed by atoms with van der Waals surface area (Å²) >= 11 is 1.64. The Morgan fingerprint density at radius 2 is 2.32 bits per heavy atom. The summed E-state index contributed by atoms with van der Waals surface area (Å²) in [7, 11) is 0. The summed E-state index contributed by atoms with van der Waals surface area (Å²) in [5, 5.41) is 9.51. The highest BCUT2D eigenvalue weighted by Crippen LogP contribution is 2.23. The van der Waals surface area contributed by atoms with E-state index in [0.717, 1.165) is 36.1 Å². The molecular weight excluding hydrogens is 282 g/mol. The summed E-state index contributed by atoms with van der Waals surface area (Å²) in [6.07, 6.45) is 4.62. The lowest BCUT2D eigenvalue weighted by molar-refractivity contribution is 0.341. The molecule has 4 nitrogen and oxygen atoms in total. The van der Waals surface area contributed by atoms with Gasteiger partial charge < -0.3 is 9.84 Å². The average Bonchev–Trinajstić information content (AvgIpc) is 2.98. The lowest BCUT2D eigenvalue weighted by Crippen LogP contribution is -2.14. The van der Waals surface area contributed by atoms with E-state index in [1.54, 1.807) is 11.3 Å². The number of rotatable bonds is 3. The quantitative estimate of drug-likeness (QED) is 0.946. The molecule has 0 spiro atoms. The molecule has 0 aromatic carbocycles. The van der Waals surface area contributed by atoms with Gasteiger partial charge in [0, 0.05) is 6.42 Å². The third kappa shape index (κ3) is 3.78. The first kappa shape index (κ1) is 14.5. The van der Waals surface area contributed by atoms with E-state index in [0.29, 0.717) is 5.92 Å². The third-order valence-corrected chi connectivity index (χ3v) is 4.23. The number of nitrogens with one attached hydrogen (secondary N) is 1. The largest absolute Gasteiger partial charge is 0.339 e. The van der Waals surface area contributed by atoms with Gasteiger partial charge in [-0.1, -0.05) is 11.2 Å². The van der Waals surface area contributed by atoms with E-state index in [4.69, 9.17) is 4.52 Å². The SMILES string of the molecule is Cl.c1csc(-c2noc(CC3CCCNCC3)n2)c1. The van der Waals surface area contributed by atoms with E-state index in [-0.39, 0.29) is 12.4 Å². The second-order valence-corrected chi connectivity index (χ2v) is 5.69. The van der Waals surface area contributed by atoms with Gasteiger partial charge in [-0.25, -0.2) is 0 Å². The maximum atomic E-state index is 5.36. The van der Waals surface area contributed by atoms with Gasteiger partial charge in [0.2, 0.25) is 11.7 Å². The molecule has 1 unspecified atom stereocenters. The van der Waals surface area contributed by atoms with Crippen molar-refractivity contribution in [3.63, 3.8) is 0 Å². The zero-order chi connectivity index (χ0) is 12.2. The summed E-state index contributed by atoms with van der Waals surface area (Å²) in [4.78, 5) is 5.57. The Morgan fingerprint density at radius 3 is 3.16 bits per heavy atom. The van der Waals surface area contributed by atoms with Crippen molar-refractivity contribution in [2.75, 3.05) is 13.1 Å². The molecule has 3 heterocycles. The highest BCUT2D eigenvalue weighted by molar-refractivity contribution is 7.13. The van der Waals surface area contributed by atoms with Crippen LogP contribution in [0.3, 0.4) is 0 Å². The van der Waals surface area contributed by atoms with Crippen molar-refractivity contribution in [3.05, 3.63) is 23.4 Å². The zero-order valence-electron chi connectivity index (χ0n) is 10.7. The van der Waals surface area contributed by atoms with Crippen LogP contribution in [0.1, 0.15) is 25.2 Å². The standard InChI is InChI=1S/C13H17N3OS.ClH/c1-3-10(5-7-14-6-1)9-12-15-13(16-17-12)11-4-2-8-18-11;/h2,4,8,10,14H,1,3,5-7,9H2;1H. The number of halogens is 1. The van der Waals surface area contributed by atoms with E-state index in [9.17, 15) is 0 Å². The fourth-order valence-corrected chi connectivity index (χ4v) is 3.04. The van der Waals surface area contributed by atoms with Crippen molar-refractivity contribution < 1.29 is 4.52 Å². The first-order valence-electron chi connectivity index (χ1n) is 6.49. The molecule has 19 heavy (non-hydrogen) atoms. The van der Waals surface area contributed by atoms with Gasteiger partial charge in [0.15, 0.2) is 0 Å². The molecule has 0 aliphatic carbocycles.